The zero-order chi connectivity index (χ0) is 8.72. The standard InChI is InChI=1S/C9H9BrIN/c10-7-4-5-2-1-3-6(5)8(11)9(7)12/h4H,1-3,12H2. The number of hydrogen-bond acceptors (Lipinski definition) is 1. The molecule has 12 heavy (non-hydrogen) atoms. The Kier molecular flexibility index (Phi) is 2.33. The Balaban J connectivity index is 2.67. The fraction of sp³-hybridized carbons (Fsp3) is 0.333. The van der Waals surface area contributed by atoms with Crippen LogP contribution in [0.4, 0.5) is 5.69 Å². The van der Waals surface area contributed by atoms with E-state index in [-0.39, 0.29) is 0 Å². The van der Waals surface area contributed by atoms with E-state index >= 15 is 0 Å². The number of aryl methyl sites for hydroxylation is 1. The van der Waals surface area contributed by atoms with Gasteiger partial charge in [0.2, 0.25) is 0 Å². The van der Waals surface area contributed by atoms with Gasteiger partial charge in [-0.3, -0.25) is 0 Å². The van der Waals surface area contributed by atoms with E-state index in [1.165, 1.54) is 34.0 Å². The van der Waals surface area contributed by atoms with Crippen LogP contribution in [0.3, 0.4) is 0 Å². The van der Waals surface area contributed by atoms with Crippen molar-refractivity contribution >= 4 is 44.2 Å². The number of hydrogen-bond donors (Lipinski definition) is 1. The quantitative estimate of drug-likeness (QED) is 0.571. The van der Waals surface area contributed by atoms with E-state index in [1.807, 2.05) is 0 Å². The van der Waals surface area contributed by atoms with Gasteiger partial charge in [-0.05, 0) is 75.0 Å². The molecule has 0 saturated heterocycles. The van der Waals surface area contributed by atoms with E-state index in [1.54, 1.807) is 0 Å². The minimum absolute atomic E-state index is 0.899. The van der Waals surface area contributed by atoms with Crippen molar-refractivity contribution in [3.63, 3.8) is 0 Å². The molecule has 0 fully saturated rings. The van der Waals surface area contributed by atoms with Crippen LogP contribution in [0, 0.1) is 3.57 Å². The summed E-state index contributed by atoms with van der Waals surface area (Å²) in [5, 5.41) is 0. The number of nitrogen functional groups attached to an aromatic ring is 1. The minimum atomic E-state index is 0.899. The fourth-order valence-electron chi connectivity index (χ4n) is 1.68. The average molecular weight is 338 g/mol. The van der Waals surface area contributed by atoms with Crippen LogP contribution in [0.2, 0.25) is 0 Å². The largest absolute Gasteiger partial charge is 0.397 e. The van der Waals surface area contributed by atoms with Gasteiger partial charge in [0.15, 0.2) is 0 Å². The number of benzene rings is 1. The molecule has 0 heterocycles. The second-order valence-corrected chi connectivity index (χ2v) is 5.01. The van der Waals surface area contributed by atoms with Crippen molar-refractivity contribution in [2.45, 2.75) is 19.3 Å². The Morgan fingerprint density at radius 3 is 2.92 bits per heavy atom. The number of fused-ring (bicyclic) bond motifs is 1. The van der Waals surface area contributed by atoms with Gasteiger partial charge in [0.1, 0.15) is 0 Å². The van der Waals surface area contributed by atoms with Crippen molar-refractivity contribution in [2.24, 2.45) is 0 Å². The van der Waals surface area contributed by atoms with E-state index < -0.39 is 0 Å². The van der Waals surface area contributed by atoms with Crippen LogP contribution in [-0.4, -0.2) is 0 Å². The SMILES string of the molecule is Nc1c(Br)cc2c(c1I)CCC2. The van der Waals surface area contributed by atoms with Crippen LogP contribution in [0.5, 0.6) is 0 Å². The number of anilines is 1. The molecule has 0 saturated carbocycles. The molecule has 0 aromatic heterocycles. The highest BCUT2D eigenvalue weighted by Gasteiger charge is 2.17. The van der Waals surface area contributed by atoms with Gasteiger partial charge in [0.05, 0.1) is 5.69 Å². The smallest absolute Gasteiger partial charge is 0.0597 e. The third-order valence-corrected chi connectivity index (χ3v) is 4.21. The van der Waals surface area contributed by atoms with E-state index in [9.17, 15) is 0 Å². The van der Waals surface area contributed by atoms with Crippen molar-refractivity contribution in [1.82, 2.24) is 0 Å². The van der Waals surface area contributed by atoms with Crippen LogP contribution in [0.1, 0.15) is 17.5 Å². The number of halogens is 2. The molecule has 0 unspecified atom stereocenters. The van der Waals surface area contributed by atoms with E-state index in [2.05, 4.69) is 44.6 Å². The lowest BCUT2D eigenvalue weighted by Crippen LogP contribution is -1.96. The first-order valence-corrected chi connectivity index (χ1v) is 5.82. The lowest BCUT2D eigenvalue weighted by atomic mass is 10.1. The summed E-state index contributed by atoms with van der Waals surface area (Å²) in [4.78, 5) is 0. The lowest BCUT2D eigenvalue weighted by molar-refractivity contribution is 0.910. The first kappa shape index (κ1) is 8.81. The summed E-state index contributed by atoms with van der Waals surface area (Å²) in [6.45, 7) is 0. The molecule has 1 aliphatic rings. The molecule has 0 radical (unpaired) electrons. The van der Waals surface area contributed by atoms with Gasteiger partial charge in [-0.2, -0.15) is 0 Å². The monoisotopic (exact) mass is 337 g/mol. The first-order valence-electron chi connectivity index (χ1n) is 3.95. The van der Waals surface area contributed by atoms with Gasteiger partial charge >= 0.3 is 0 Å². The lowest BCUT2D eigenvalue weighted by Gasteiger charge is -2.07. The Bertz CT molecular complexity index is 336. The van der Waals surface area contributed by atoms with E-state index in [0.29, 0.717) is 0 Å². The van der Waals surface area contributed by atoms with Crippen LogP contribution < -0.4 is 5.73 Å². The Hall–Kier alpha value is 0.230. The molecule has 64 valence electrons. The Morgan fingerprint density at radius 2 is 2.17 bits per heavy atom. The zero-order valence-corrected chi connectivity index (χ0v) is 10.3. The van der Waals surface area contributed by atoms with Crippen molar-refractivity contribution in [3.8, 4) is 0 Å². The summed E-state index contributed by atoms with van der Waals surface area (Å²) < 4.78 is 2.29. The van der Waals surface area contributed by atoms with Crippen LogP contribution in [0.25, 0.3) is 0 Å². The maximum atomic E-state index is 5.90. The summed E-state index contributed by atoms with van der Waals surface area (Å²) in [6, 6.07) is 2.17. The number of rotatable bonds is 0. The highest BCUT2D eigenvalue weighted by molar-refractivity contribution is 14.1. The molecule has 0 spiro atoms. The van der Waals surface area contributed by atoms with Crippen LogP contribution in [-0.2, 0) is 12.8 Å². The van der Waals surface area contributed by atoms with Gasteiger partial charge in [-0.25, -0.2) is 0 Å². The molecule has 3 heteroatoms. The van der Waals surface area contributed by atoms with Crippen molar-refractivity contribution < 1.29 is 0 Å². The number of nitrogens with two attached hydrogens (primary N) is 1. The summed E-state index contributed by atoms with van der Waals surface area (Å²) in [6.07, 6.45) is 3.69. The van der Waals surface area contributed by atoms with Crippen molar-refractivity contribution in [1.29, 1.82) is 0 Å². The molecule has 2 rings (SSSR count). The molecule has 2 N–H and O–H groups in total. The predicted molar refractivity (Wildman–Crippen MR) is 63.3 cm³/mol. The van der Waals surface area contributed by atoms with Gasteiger partial charge < -0.3 is 5.73 Å². The molecular weight excluding hydrogens is 329 g/mol. The van der Waals surface area contributed by atoms with Gasteiger partial charge in [-0.1, -0.05) is 0 Å². The van der Waals surface area contributed by atoms with Crippen molar-refractivity contribution in [3.05, 3.63) is 25.2 Å². The normalized spacial score (nSPS) is 14.8. The molecule has 1 aliphatic carbocycles. The molecular formula is C9H9BrIN. The molecule has 0 aliphatic heterocycles. The highest BCUT2D eigenvalue weighted by atomic mass is 127. The molecule has 0 atom stereocenters. The maximum Gasteiger partial charge on any atom is 0.0597 e. The third kappa shape index (κ3) is 1.27. The molecule has 1 aromatic rings. The molecule has 1 aromatic carbocycles. The minimum Gasteiger partial charge on any atom is -0.397 e. The first-order chi connectivity index (χ1) is 5.70. The van der Waals surface area contributed by atoms with Crippen LogP contribution in [0.15, 0.2) is 10.5 Å². The summed E-state index contributed by atoms with van der Waals surface area (Å²) in [5.74, 6) is 0. The molecule has 1 nitrogen and oxygen atoms in total. The van der Waals surface area contributed by atoms with Gasteiger partial charge in [0, 0.05) is 8.04 Å². The molecule has 0 bridgehead atoms. The summed E-state index contributed by atoms with van der Waals surface area (Å²) in [7, 11) is 0. The van der Waals surface area contributed by atoms with Gasteiger partial charge in [0.25, 0.3) is 0 Å². The van der Waals surface area contributed by atoms with Crippen LogP contribution >= 0.6 is 38.5 Å². The van der Waals surface area contributed by atoms with E-state index in [4.69, 9.17) is 5.73 Å². The second-order valence-electron chi connectivity index (χ2n) is 3.08. The highest BCUT2D eigenvalue weighted by Crippen LogP contribution is 2.35. The zero-order valence-electron chi connectivity index (χ0n) is 6.53. The van der Waals surface area contributed by atoms with Crippen molar-refractivity contribution in [2.75, 3.05) is 5.73 Å². The Morgan fingerprint density at radius 1 is 1.42 bits per heavy atom. The average Bonchev–Trinajstić information content (AvgIpc) is 2.48. The summed E-state index contributed by atoms with van der Waals surface area (Å²) in [5.41, 5.74) is 9.74. The second kappa shape index (κ2) is 3.18. The Labute approximate surface area is 94.0 Å². The molecule has 0 amide bonds. The predicted octanol–water partition coefficient (Wildman–Crippen LogP) is 3.12. The fourth-order valence-corrected chi connectivity index (χ4v) is 3.43. The maximum absolute atomic E-state index is 5.90. The topological polar surface area (TPSA) is 26.0 Å². The van der Waals surface area contributed by atoms with Gasteiger partial charge in [-0.15, -0.1) is 0 Å². The third-order valence-electron chi connectivity index (χ3n) is 2.32. The summed E-state index contributed by atoms with van der Waals surface area (Å²) >= 11 is 5.81. The van der Waals surface area contributed by atoms with E-state index in [0.717, 1.165) is 10.2 Å².